The molecule has 3 heterocycles. The summed E-state index contributed by atoms with van der Waals surface area (Å²) in [5.74, 6) is 1.33. The molecule has 0 unspecified atom stereocenters. The highest BCUT2D eigenvalue weighted by Crippen LogP contribution is 2.34. The maximum absolute atomic E-state index is 11.6. The number of hydrogen-bond acceptors (Lipinski definition) is 4. The number of fused-ring (bicyclic) bond motifs is 2. The molecule has 1 amide bonds. The van der Waals surface area contributed by atoms with Gasteiger partial charge in [0.1, 0.15) is 12.1 Å². The Bertz CT molecular complexity index is 961. The van der Waals surface area contributed by atoms with Crippen LogP contribution in [-0.4, -0.2) is 25.3 Å². The van der Waals surface area contributed by atoms with Gasteiger partial charge in [-0.2, -0.15) is 0 Å². The number of carbonyl (C=O) groups excluding carboxylic acids is 1. The Labute approximate surface area is 139 Å². The minimum absolute atomic E-state index is 0.0286. The molecule has 0 bridgehead atoms. The molecule has 0 saturated heterocycles. The average molecular weight is 322 g/mol. The van der Waals surface area contributed by atoms with Gasteiger partial charge in [0.15, 0.2) is 0 Å². The second-order valence-electron chi connectivity index (χ2n) is 6.13. The van der Waals surface area contributed by atoms with Crippen molar-refractivity contribution in [3.63, 3.8) is 0 Å². The number of aryl methyl sites for hydroxylation is 2. The molecular formula is C18H18N4O2. The monoisotopic (exact) mass is 322 g/mol. The van der Waals surface area contributed by atoms with E-state index in [1.165, 1.54) is 6.33 Å². The van der Waals surface area contributed by atoms with E-state index in [4.69, 9.17) is 4.74 Å². The summed E-state index contributed by atoms with van der Waals surface area (Å²) in [6.45, 7) is 4.61. The summed E-state index contributed by atoms with van der Waals surface area (Å²) in [5.41, 5.74) is 3.98. The molecule has 6 nitrogen and oxygen atoms in total. The van der Waals surface area contributed by atoms with E-state index in [-0.39, 0.29) is 5.91 Å². The number of rotatable bonds is 2. The molecule has 2 aromatic heterocycles. The third kappa shape index (κ3) is 2.22. The molecule has 0 fully saturated rings. The Morgan fingerprint density at radius 3 is 2.83 bits per heavy atom. The molecule has 122 valence electrons. The van der Waals surface area contributed by atoms with Gasteiger partial charge in [0, 0.05) is 36.6 Å². The minimum atomic E-state index is 0.0286. The van der Waals surface area contributed by atoms with Crippen LogP contribution in [0.3, 0.4) is 0 Å². The van der Waals surface area contributed by atoms with Crippen molar-refractivity contribution in [2.75, 3.05) is 0 Å². The van der Waals surface area contributed by atoms with Crippen LogP contribution in [0.1, 0.15) is 23.7 Å². The molecule has 0 saturated carbocycles. The summed E-state index contributed by atoms with van der Waals surface area (Å²) in [4.78, 5) is 21.9. The maximum Gasteiger partial charge on any atom is 0.227 e. The van der Waals surface area contributed by atoms with Crippen molar-refractivity contribution in [1.29, 1.82) is 0 Å². The van der Waals surface area contributed by atoms with E-state index in [0.717, 1.165) is 33.5 Å². The van der Waals surface area contributed by atoms with E-state index in [1.54, 1.807) is 11.8 Å². The van der Waals surface area contributed by atoms with Gasteiger partial charge in [-0.25, -0.2) is 9.97 Å². The van der Waals surface area contributed by atoms with Gasteiger partial charge >= 0.3 is 0 Å². The highest BCUT2D eigenvalue weighted by molar-refractivity contribution is 5.85. The van der Waals surface area contributed by atoms with Crippen LogP contribution in [0, 0.1) is 6.92 Å². The Morgan fingerprint density at radius 1 is 1.21 bits per heavy atom. The third-order valence-electron chi connectivity index (χ3n) is 4.62. The minimum Gasteiger partial charge on any atom is -0.438 e. The summed E-state index contributed by atoms with van der Waals surface area (Å²) >= 11 is 0. The molecule has 3 aromatic rings. The van der Waals surface area contributed by atoms with Gasteiger partial charge in [0.2, 0.25) is 11.8 Å². The fourth-order valence-corrected chi connectivity index (χ4v) is 3.16. The van der Waals surface area contributed by atoms with Crippen LogP contribution < -0.4 is 4.74 Å². The van der Waals surface area contributed by atoms with Crippen LogP contribution in [0.15, 0.2) is 30.7 Å². The van der Waals surface area contributed by atoms with Crippen molar-refractivity contribution in [2.24, 2.45) is 7.05 Å². The van der Waals surface area contributed by atoms with Gasteiger partial charge in [0.05, 0.1) is 24.3 Å². The van der Waals surface area contributed by atoms with E-state index in [9.17, 15) is 4.79 Å². The highest BCUT2D eigenvalue weighted by atomic mass is 16.5. The fraction of sp³-hybridized carbons (Fsp3) is 0.278. The number of hydrogen-bond donors (Lipinski definition) is 0. The van der Waals surface area contributed by atoms with Gasteiger partial charge in [-0.1, -0.05) is 0 Å². The van der Waals surface area contributed by atoms with Gasteiger partial charge in [-0.05, 0) is 25.1 Å². The summed E-state index contributed by atoms with van der Waals surface area (Å²) in [5, 5.41) is 1.16. The van der Waals surface area contributed by atoms with Crippen LogP contribution in [-0.2, 0) is 24.9 Å². The molecule has 24 heavy (non-hydrogen) atoms. The van der Waals surface area contributed by atoms with Gasteiger partial charge < -0.3 is 14.2 Å². The Morgan fingerprint density at radius 2 is 2.04 bits per heavy atom. The number of ether oxygens (including phenoxy) is 1. The first kappa shape index (κ1) is 14.7. The van der Waals surface area contributed by atoms with E-state index < -0.39 is 0 Å². The molecule has 0 aliphatic carbocycles. The quantitative estimate of drug-likeness (QED) is 0.728. The number of amides is 1. The zero-order chi connectivity index (χ0) is 16.8. The molecule has 1 aliphatic rings. The first-order valence-corrected chi connectivity index (χ1v) is 7.85. The predicted octanol–water partition coefficient (Wildman–Crippen LogP) is 2.93. The van der Waals surface area contributed by atoms with Crippen molar-refractivity contribution in [3.8, 4) is 11.6 Å². The number of carbonyl (C=O) groups is 1. The van der Waals surface area contributed by atoms with Crippen molar-refractivity contribution >= 4 is 16.8 Å². The van der Waals surface area contributed by atoms with Crippen LogP contribution in [0.25, 0.3) is 10.9 Å². The van der Waals surface area contributed by atoms with Crippen molar-refractivity contribution in [3.05, 3.63) is 47.5 Å². The van der Waals surface area contributed by atoms with Gasteiger partial charge in [-0.3, -0.25) is 4.79 Å². The van der Waals surface area contributed by atoms with Gasteiger partial charge in [-0.15, -0.1) is 0 Å². The summed E-state index contributed by atoms with van der Waals surface area (Å²) in [7, 11) is 2.02. The largest absolute Gasteiger partial charge is 0.438 e. The highest BCUT2D eigenvalue weighted by Gasteiger charge is 2.26. The smallest absolute Gasteiger partial charge is 0.227 e. The lowest BCUT2D eigenvalue weighted by Crippen LogP contribution is -2.21. The lowest BCUT2D eigenvalue weighted by atomic mass is 10.1. The van der Waals surface area contributed by atoms with Crippen molar-refractivity contribution < 1.29 is 9.53 Å². The summed E-state index contributed by atoms with van der Waals surface area (Å²) in [6, 6.07) is 6.09. The molecule has 6 heteroatoms. The van der Waals surface area contributed by atoms with E-state index in [1.807, 2.05) is 32.3 Å². The molecule has 0 radical (unpaired) electrons. The van der Waals surface area contributed by atoms with Crippen LogP contribution in [0.4, 0.5) is 0 Å². The maximum atomic E-state index is 11.6. The average Bonchev–Trinajstić information content (AvgIpc) is 3.15. The van der Waals surface area contributed by atoms with Crippen LogP contribution >= 0.6 is 0 Å². The summed E-state index contributed by atoms with van der Waals surface area (Å²) in [6.07, 6.45) is 3.53. The second kappa shape index (κ2) is 5.33. The zero-order valence-electron chi connectivity index (χ0n) is 13.9. The zero-order valence-corrected chi connectivity index (χ0v) is 13.9. The third-order valence-corrected chi connectivity index (χ3v) is 4.62. The standard InChI is InChI=1S/C18H18N4O2/c1-11-13-6-7-21(3)16(13)4-5-17(11)24-18-14-8-22(12(2)23)9-15(14)19-10-20-18/h4-7,10H,8-9H2,1-3H3. The molecule has 0 spiro atoms. The Hall–Kier alpha value is -2.89. The number of nitrogens with zero attached hydrogens (tertiary/aromatic N) is 4. The van der Waals surface area contributed by atoms with Gasteiger partial charge in [0.25, 0.3) is 0 Å². The summed E-state index contributed by atoms with van der Waals surface area (Å²) < 4.78 is 8.18. The lowest BCUT2D eigenvalue weighted by molar-refractivity contribution is -0.129. The topological polar surface area (TPSA) is 60.3 Å². The normalized spacial score (nSPS) is 13.4. The van der Waals surface area contributed by atoms with Crippen molar-refractivity contribution in [1.82, 2.24) is 19.4 Å². The number of benzene rings is 1. The SMILES string of the molecule is CC(=O)N1Cc2ncnc(Oc3ccc4c(ccn4C)c3C)c2C1. The fourth-order valence-electron chi connectivity index (χ4n) is 3.16. The van der Waals surface area contributed by atoms with Crippen molar-refractivity contribution in [2.45, 2.75) is 26.9 Å². The van der Waals surface area contributed by atoms with Crippen LogP contribution in [0.5, 0.6) is 11.6 Å². The molecule has 0 N–H and O–H groups in total. The molecule has 1 aromatic carbocycles. The second-order valence-corrected chi connectivity index (χ2v) is 6.13. The molecular weight excluding hydrogens is 304 g/mol. The Kier molecular flexibility index (Phi) is 3.26. The predicted molar refractivity (Wildman–Crippen MR) is 89.7 cm³/mol. The van der Waals surface area contributed by atoms with E-state index in [2.05, 4.69) is 20.6 Å². The molecule has 1 aliphatic heterocycles. The lowest BCUT2D eigenvalue weighted by Gasteiger charge is -2.13. The molecule has 0 atom stereocenters. The van der Waals surface area contributed by atoms with Crippen LogP contribution in [0.2, 0.25) is 0 Å². The Balaban J connectivity index is 1.72. The first-order chi connectivity index (χ1) is 11.5. The first-order valence-electron chi connectivity index (χ1n) is 7.85. The number of aromatic nitrogens is 3. The van der Waals surface area contributed by atoms with E-state index in [0.29, 0.717) is 19.0 Å². The molecule has 4 rings (SSSR count). The van der Waals surface area contributed by atoms with E-state index >= 15 is 0 Å².